The number of nitrogens with zero attached hydrogens (tertiary/aromatic N) is 1. The Morgan fingerprint density at radius 3 is 2.18 bits per heavy atom. The average molecular weight is 532 g/mol. The molecule has 2 amide bonds. The maximum Gasteiger partial charge on any atom is 0.490 e. The Kier molecular flexibility index (Phi) is 10.5. The summed E-state index contributed by atoms with van der Waals surface area (Å²) in [6.45, 7) is 2.18. The van der Waals surface area contributed by atoms with Crippen molar-refractivity contribution in [2.75, 3.05) is 6.54 Å². The summed E-state index contributed by atoms with van der Waals surface area (Å²) in [4.78, 5) is 36.3. The molecule has 0 aliphatic carbocycles. The smallest absolute Gasteiger partial charge is 0.475 e. The van der Waals surface area contributed by atoms with Gasteiger partial charge in [0.15, 0.2) is 0 Å². The van der Waals surface area contributed by atoms with Gasteiger partial charge in [-0.3, -0.25) is 9.59 Å². The number of nitrogens with one attached hydrogen (secondary N) is 2. The summed E-state index contributed by atoms with van der Waals surface area (Å²) in [5.74, 6) is -2.73. The summed E-state index contributed by atoms with van der Waals surface area (Å²) in [5, 5.41) is 13.6. The number of aryl methyl sites for hydroxylation is 1. The summed E-state index contributed by atoms with van der Waals surface area (Å²) in [6, 6.07) is 18.1. The second-order valence-electron chi connectivity index (χ2n) is 9.27. The molecule has 0 radical (unpaired) electrons. The number of benzene rings is 2. The molecule has 0 unspecified atom stereocenters. The van der Waals surface area contributed by atoms with Gasteiger partial charge in [-0.15, -0.1) is 0 Å². The molecule has 1 fully saturated rings. The molecule has 2 aromatic rings. The summed E-state index contributed by atoms with van der Waals surface area (Å²) in [5.41, 5.74) is 3.65. The van der Waals surface area contributed by atoms with Crippen molar-refractivity contribution >= 4 is 17.8 Å². The topological polar surface area (TPSA) is 98.7 Å². The minimum Gasteiger partial charge on any atom is -0.475 e. The molecule has 0 saturated carbocycles. The summed E-state index contributed by atoms with van der Waals surface area (Å²) in [7, 11) is 0. The summed E-state index contributed by atoms with van der Waals surface area (Å²) >= 11 is 0. The fourth-order valence-corrected chi connectivity index (χ4v) is 4.34. The van der Waals surface area contributed by atoms with Crippen molar-refractivity contribution in [2.24, 2.45) is 0 Å². The number of amides is 2. The van der Waals surface area contributed by atoms with Crippen LogP contribution in [0.2, 0.25) is 0 Å². The van der Waals surface area contributed by atoms with Gasteiger partial charge in [-0.05, 0) is 48.9 Å². The Balaban J connectivity index is 0.000000505. The lowest BCUT2D eigenvalue weighted by Crippen LogP contribution is -2.49. The summed E-state index contributed by atoms with van der Waals surface area (Å²) in [6.07, 6.45) is 3.08. The third-order valence-corrected chi connectivity index (χ3v) is 6.41. The molecular formula is C28H32F3N3O4. The average Bonchev–Trinajstić information content (AvgIpc) is 3.35. The van der Waals surface area contributed by atoms with Gasteiger partial charge in [0.25, 0.3) is 0 Å². The Morgan fingerprint density at radius 1 is 1.03 bits per heavy atom. The van der Waals surface area contributed by atoms with Gasteiger partial charge < -0.3 is 20.6 Å². The monoisotopic (exact) mass is 531 g/mol. The van der Waals surface area contributed by atoms with Crippen molar-refractivity contribution in [1.82, 2.24) is 15.5 Å². The molecule has 0 aromatic heterocycles. The molecule has 1 saturated heterocycles. The molecule has 2 aliphatic rings. The molecule has 2 aliphatic heterocycles. The normalized spacial score (nSPS) is 17.8. The number of hydrogen-bond acceptors (Lipinski definition) is 4. The fourth-order valence-electron chi connectivity index (χ4n) is 4.34. The lowest BCUT2D eigenvalue weighted by molar-refractivity contribution is -0.192. The molecule has 0 bridgehead atoms. The first kappa shape index (κ1) is 28.9. The van der Waals surface area contributed by atoms with E-state index in [0.717, 1.165) is 38.6 Å². The molecule has 2 heterocycles. The van der Waals surface area contributed by atoms with Crippen LogP contribution in [-0.2, 0) is 33.9 Å². The van der Waals surface area contributed by atoms with E-state index in [4.69, 9.17) is 9.90 Å². The van der Waals surface area contributed by atoms with Crippen molar-refractivity contribution in [2.45, 2.75) is 63.5 Å². The van der Waals surface area contributed by atoms with Gasteiger partial charge in [-0.2, -0.15) is 13.2 Å². The van der Waals surface area contributed by atoms with Gasteiger partial charge in [0.1, 0.15) is 0 Å². The van der Waals surface area contributed by atoms with Crippen LogP contribution in [0.1, 0.15) is 42.4 Å². The first-order valence-electron chi connectivity index (χ1n) is 12.5. The second kappa shape index (κ2) is 13.8. The molecule has 4 rings (SSSR count). The van der Waals surface area contributed by atoms with Crippen LogP contribution in [-0.4, -0.2) is 52.6 Å². The van der Waals surface area contributed by atoms with Crippen molar-refractivity contribution in [3.8, 4) is 0 Å². The van der Waals surface area contributed by atoms with Gasteiger partial charge in [-0.25, -0.2) is 4.79 Å². The van der Waals surface area contributed by atoms with Crippen LogP contribution in [0.25, 0.3) is 0 Å². The zero-order valence-corrected chi connectivity index (χ0v) is 20.9. The highest BCUT2D eigenvalue weighted by atomic mass is 19.4. The van der Waals surface area contributed by atoms with E-state index in [1.54, 1.807) is 6.08 Å². The number of carbonyl (C=O) groups excluding carboxylic acids is 2. The van der Waals surface area contributed by atoms with Crippen LogP contribution in [0.5, 0.6) is 0 Å². The minimum absolute atomic E-state index is 0.00838. The molecule has 10 heteroatoms. The number of aliphatic carboxylic acids is 1. The lowest BCUT2D eigenvalue weighted by Gasteiger charge is -2.25. The second-order valence-corrected chi connectivity index (χ2v) is 9.27. The predicted octanol–water partition coefficient (Wildman–Crippen LogP) is 3.98. The van der Waals surface area contributed by atoms with Crippen molar-refractivity contribution in [1.29, 1.82) is 0 Å². The van der Waals surface area contributed by atoms with Gasteiger partial charge in [0, 0.05) is 25.2 Å². The van der Waals surface area contributed by atoms with E-state index < -0.39 is 12.1 Å². The molecular weight excluding hydrogens is 499 g/mol. The largest absolute Gasteiger partial charge is 0.490 e. The van der Waals surface area contributed by atoms with E-state index in [1.807, 2.05) is 41.3 Å². The van der Waals surface area contributed by atoms with Crippen LogP contribution in [0.15, 0.2) is 66.7 Å². The van der Waals surface area contributed by atoms with Crippen molar-refractivity contribution < 1.29 is 32.7 Å². The standard InChI is InChI=1S/C26H31N3O2.C2HF3O2/c30-25(29-18-21-10-4-5-11-22(21)19-29)16-15-23(14-13-20-8-2-1-3-9-20)28-26(31)24-12-6-7-17-27-24;3-2(4,5)1(6)7/h1-5,8-11,15-16,23-24,27H,6-7,12-14,17-19H2,(H,28,31);(H,6,7)/b16-15+;/t23-,24-;/m0./s1. The predicted molar refractivity (Wildman–Crippen MR) is 136 cm³/mol. The zero-order chi connectivity index (χ0) is 27.5. The Hall–Kier alpha value is -3.66. The number of rotatable bonds is 7. The number of halogens is 3. The van der Waals surface area contributed by atoms with Crippen LogP contribution in [0.4, 0.5) is 13.2 Å². The summed E-state index contributed by atoms with van der Waals surface area (Å²) < 4.78 is 31.7. The number of hydrogen-bond donors (Lipinski definition) is 3. The molecule has 38 heavy (non-hydrogen) atoms. The van der Waals surface area contributed by atoms with E-state index in [-0.39, 0.29) is 23.9 Å². The Labute approximate surface area is 219 Å². The molecule has 0 spiro atoms. The highest BCUT2D eigenvalue weighted by molar-refractivity contribution is 5.88. The fraction of sp³-hybridized carbons (Fsp3) is 0.393. The zero-order valence-electron chi connectivity index (χ0n) is 20.9. The SMILES string of the molecule is O=C(N[C@H](/C=C/C(=O)N1Cc2ccccc2C1)CCc1ccccc1)[C@@H]1CCCCN1.O=C(O)C(F)(F)F. The van der Waals surface area contributed by atoms with Crippen LogP contribution < -0.4 is 10.6 Å². The third kappa shape index (κ3) is 9.02. The number of carbonyl (C=O) groups is 3. The van der Waals surface area contributed by atoms with E-state index >= 15 is 0 Å². The van der Waals surface area contributed by atoms with Gasteiger partial charge in [0.05, 0.1) is 6.04 Å². The quantitative estimate of drug-likeness (QED) is 0.470. The maximum absolute atomic E-state index is 12.8. The minimum atomic E-state index is -5.08. The first-order chi connectivity index (χ1) is 18.1. The van der Waals surface area contributed by atoms with Crippen LogP contribution in [0.3, 0.4) is 0 Å². The molecule has 3 N–H and O–H groups in total. The Bertz CT molecular complexity index is 1090. The first-order valence-corrected chi connectivity index (χ1v) is 12.5. The maximum atomic E-state index is 12.8. The number of carboxylic acid groups (broad SMARTS) is 1. The van der Waals surface area contributed by atoms with Crippen LogP contribution in [0, 0.1) is 0 Å². The molecule has 2 atom stereocenters. The third-order valence-electron chi connectivity index (χ3n) is 6.41. The van der Waals surface area contributed by atoms with Crippen LogP contribution >= 0.6 is 0 Å². The van der Waals surface area contributed by atoms with Crippen molar-refractivity contribution in [3.05, 3.63) is 83.4 Å². The van der Waals surface area contributed by atoms with Gasteiger partial charge in [0.2, 0.25) is 11.8 Å². The van der Waals surface area contributed by atoms with Gasteiger partial charge >= 0.3 is 12.1 Å². The molecule has 2 aromatic carbocycles. The number of alkyl halides is 3. The van der Waals surface area contributed by atoms with Gasteiger partial charge in [-0.1, -0.05) is 67.1 Å². The Morgan fingerprint density at radius 2 is 1.63 bits per heavy atom. The molecule has 204 valence electrons. The van der Waals surface area contributed by atoms with E-state index in [1.165, 1.54) is 16.7 Å². The molecule has 7 nitrogen and oxygen atoms in total. The highest BCUT2D eigenvalue weighted by Crippen LogP contribution is 2.22. The van der Waals surface area contributed by atoms with E-state index in [0.29, 0.717) is 13.1 Å². The van der Waals surface area contributed by atoms with Crippen molar-refractivity contribution in [3.63, 3.8) is 0 Å². The highest BCUT2D eigenvalue weighted by Gasteiger charge is 2.38. The number of fused-ring (bicyclic) bond motifs is 1. The number of piperidine rings is 1. The van der Waals surface area contributed by atoms with E-state index in [2.05, 4.69) is 34.9 Å². The number of carboxylic acids is 1. The van der Waals surface area contributed by atoms with E-state index in [9.17, 15) is 22.8 Å². The lowest BCUT2D eigenvalue weighted by atomic mass is 10.0.